The molecular formula is C9H19O4P. The van der Waals surface area contributed by atoms with Crippen LogP contribution in [0.2, 0.25) is 0 Å². The summed E-state index contributed by atoms with van der Waals surface area (Å²) in [5, 5.41) is 0. The highest BCUT2D eigenvalue weighted by molar-refractivity contribution is 7.48. The molecule has 0 aromatic carbocycles. The Morgan fingerprint density at radius 3 is 2.36 bits per heavy atom. The molecule has 1 heterocycles. The summed E-state index contributed by atoms with van der Waals surface area (Å²) in [5.74, 6) is 0.251. The Kier molecular flexibility index (Phi) is 3.42. The molecule has 0 spiro atoms. The maximum absolute atomic E-state index is 11.9. The van der Waals surface area contributed by atoms with Crippen LogP contribution >= 0.6 is 7.82 Å². The molecule has 0 aromatic rings. The molecule has 0 aromatic heterocycles. The van der Waals surface area contributed by atoms with E-state index >= 15 is 0 Å². The fourth-order valence-corrected chi connectivity index (χ4v) is 2.93. The van der Waals surface area contributed by atoms with E-state index in [1.165, 1.54) is 0 Å². The Hall–Kier alpha value is 0.110. The van der Waals surface area contributed by atoms with Crippen LogP contribution in [0, 0.1) is 5.92 Å². The Balaban J connectivity index is 2.64. The lowest BCUT2D eigenvalue weighted by Gasteiger charge is -2.34. The standard InChI is InChI=1S/C9H19O4P/c1-7-6-11-14(10,12-8(7)2)13-9(3,4)5/h7-8H,6H2,1-5H3. The zero-order valence-electron chi connectivity index (χ0n) is 9.44. The van der Waals surface area contributed by atoms with Gasteiger partial charge in [0.25, 0.3) is 0 Å². The van der Waals surface area contributed by atoms with Crippen LogP contribution in [0.15, 0.2) is 0 Å². The molecule has 0 aliphatic carbocycles. The molecule has 0 N–H and O–H groups in total. The molecular weight excluding hydrogens is 203 g/mol. The van der Waals surface area contributed by atoms with Gasteiger partial charge in [-0.05, 0) is 27.7 Å². The largest absolute Gasteiger partial charge is 0.475 e. The molecule has 1 aliphatic rings. The second kappa shape index (κ2) is 3.93. The van der Waals surface area contributed by atoms with Crippen molar-refractivity contribution in [2.75, 3.05) is 6.61 Å². The van der Waals surface area contributed by atoms with Crippen molar-refractivity contribution in [3.05, 3.63) is 0 Å². The van der Waals surface area contributed by atoms with Gasteiger partial charge >= 0.3 is 7.82 Å². The number of hydrogen-bond donors (Lipinski definition) is 0. The van der Waals surface area contributed by atoms with E-state index in [-0.39, 0.29) is 12.0 Å². The van der Waals surface area contributed by atoms with E-state index in [2.05, 4.69) is 0 Å². The van der Waals surface area contributed by atoms with E-state index < -0.39 is 13.4 Å². The molecule has 5 heteroatoms. The topological polar surface area (TPSA) is 44.8 Å². The molecule has 0 bridgehead atoms. The minimum atomic E-state index is -3.33. The minimum absolute atomic E-state index is 0.0862. The number of phosphoric ester groups is 1. The van der Waals surface area contributed by atoms with Crippen LogP contribution in [0.25, 0.3) is 0 Å². The fraction of sp³-hybridized carbons (Fsp3) is 1.00. The van der Waals surface area contributed by atoms with Gasteiger partial charge in [0.2, 0.25) is 0 Å². The Labute approximate surface area is 85.5 Å². The van der Waals surface area contributed by atoms with Gasteiger partial charge in [-0.2, -0.15) is 0 Å². The summed E-state index contributed by atoms with van der Waals surface area (Å²) in [6.45, 7) is 9.76. The molecule has 14 heavy (non-hydrogen) atoms. The van der Waals surface area contributed by atoms with Crippen LogP contribution in [0.5, 0.6) is 0 Å². The van der Waals surface area contributed by atoms with Crippen LogP contribution in [0.4, 0.5) is 0 Å². The van der Waals surface area contributed by atoms with E-state index in [4.69, 9.17) is 13.6 Å². The first-order valence-electron chi connectivity index (χ1n) is 4.86. The van der Waals surface area contributed by atoms with Gasteiger partial charge in [0.05, 0.1) is 18.3 Å². The highest BCUT2D eigenvalue weighted by atomic mass is 31.2. The Bertz CT molecular complexity index is 246. The van der Waals surface area contributed by atoms with E-state index in [0.29, 0.717) is 6.61 Å². The molecule has 3 atom stereocenters. The second-order valence-corrected chi connectivity index (χ2v) is 6.28. The average molecular weight is 222 g/mol. The average Bonchev–Trinajstić information content (AvgIpc) is 1.94. The summed E-state index contributed by atoms with van der Waals surface area (Å²) in [7, 11) is -3.33. The summed E-state index contributed by atoms with van der Waals surface area (Å²) >= 11 is 0. The Morgan fingerprint density at radius 2 is 1.93 bits per heavy atom. The number of hydrogen-bond acceptors (Lipinski definition) is 4. The molecule has 0 amide bonds. The Morgan fingerprint density at radius 1 is 1.36 bits per heavy atom. The second-order valence-electron chi connectivity index (χ2n) is 4.73. The first-order valence-corrected chi connectivity index (χ1v) is 6.32. The van der Waals surface area contributed by atoms with Crippen molar-refractivity contribution in [3.8, 4) is 0 Å². The summed E-state index contributed by atoms with van der Waals surface area (Å²) < 4.78 is 27.6. The maximum Gasteiger partial charge on any atom is 0.475 e. The summed E-state index contributed by atoms with van der Waals surface area (Å²) in [4.78, 5) is 0. The van der Waals surface area contributed by atoms with Gasteiger partial charge in [-0.1, -0.05) is 6.92 Å². The molecule has 1 fully saturated rings. The molecule has 1 saturated heterocycles. The van der Waals surface area contributed by atoms with E-state index in [9.17, 15) is 4.57 Å². The quantitative estimate of drug-likeness (QED) is 0.640. The van der Waals surface area contributed by atoms with Crippen LogP contribution in [0.3, 0.4) is 0 Å². The van der Waals surface area contributed by atoms with Gasteiger partial charge < -0.3 is 0 Å². The van der Waals surface area contributed by atoms with E-state index in [0.717, 1.165) is 0 Å². The predicted molar refractivity (Wildman–Crippen MR) is 54.1 cm³/mol. The van der Waals surface area contributed by atoms with Crippen LogP contribution in [0.1, 0.15) is 34.6 Å². The van der Waals surface area contributed by atoms with Gasteiger partial charge in [-0.25, -0.2) is 4.57 Å². The lowest BCUT2D eigenvalue weighted by Crippen LogP contribution is -2.30. The van der Waals surface area contributed by atoms with E-state index in [1.807, 2.05) is 34.6 Å². The van der Waals surface area contributed by atoms with Crippen molar-refractivity contribution in [1.82, 2.24) is 0 Å². The van der Waals surface area contributed by atoms with Crippen molar-refractivity contribution in [3.63, 3.8) is 0 Å². The lowest BCUT2D eigenvalue weighted by atomic mass is 10.1. The summed E-state index contributed by atoms with van der Waals surface area (Å²) in [5.41, 5.74) is -0.518. The molecule has 1 rings (SSSR count). The monoisotopic (exact) mass is 222 g/mol. The van der Waals surface area contributed by atoms with Crippen molar-refractivity contribution >= 4 is 7.82 Å². The third kappa shape index (κ3) is 3.35. The van der Waals surface area contributed by atoms with Crippen molar-refractivity contribution in [2.45, 2.75) is 46.3 Å². The SMILES string of the molecule is CC1COP(=O)(OC(C)(C)C)OC1C. The number of rotatable bonds is 1. The maximum atomic E-state index is 11.9. The number of phosphoric acid groups is 1. The van der Waals surface area contributed by atoms with E-state index in [1.54, 1.807) is 0 Å². The highest BCUT2D eigenvalue weighted by Crippen LogP contribution is 2.56. The van der Waals surface area contributed by atoms with Gasteiger partial charge in [-0.3, -0.25) is 13.6 Å². The van der Waals surface area contributed by atoms with Crippen molar-refractivity contribution in [2.24, 2.45) is 5.92 Å². The molecule has 0 radical (unpaired) electrons. The zero-order valence-corrected chi connectivity index (χ0v) is 10.3. The van der Waals surface area contributed by atoms with Crippen molar-refractivity contribution < 1.29 is 18.1 Å². The zero-order chi connectivity index (χ0) is 11.0. The molecule has 4 nitrogen and oxygen atoms in total. The van der Waals surface area contributed by atoms with Crippen LogP contribution in [-0.4, -0.2) is 18.3 Å². The van der Waals surface area contributed by atoms with Crippen LogP contribution < -0.4 is 0 Å². The normalized spacial score (nSPS) is 39.8. The van der Waals surface area contributed by atoms with Gasteiger partial charge in [0, 0.05) is 5.92 Å². The smallest absolute Gasteiger partial charge is 0.286 e. The molecule has 3 unspecified atom stereocenters. The highest BCUT2D eigenvalue weighted by Gasteiger charge is 2.40. The van der Waals surface area contributed by atoms with Gasteiger partial charge in [0.15, 0.2) is 0 Å². The predicted octanol–water partition coefficient (Wildman–Crippen LogP) is 2.98. The fourth-order valence-electron chi connectivity index (χ4n) is 1.07. The minimum Gasteiger partial charge on any atom is -0.286 e. The van der Waals surface area contributed by atoms with Crippen molar-refractivity contribution in [1.29, 1.82) is 0 Å². The molecule has 1 aliphatic heterocycles. The lowest BCUT2D eigenvalue weighted by molar-refractivity contribution is -0.0267. The van der Waals surface area contributed by atoms with Gasteiger partial charge in [0.1, 0.15) is 0 Å². The molecule has 0 saturated carbocycles. The van der Waals surface area contributed by atoms with Gasteiger partial charge in [-0.15, -0.1) is 0 Å². The third-order valence-electron chi connectivity index (χ3n) is 1.98. The first kappa shape index (κ1) is 12.2. The summed E-state index contributed by atoms with van der Waals surface area (Å²) in [6, 6.07) is 0. The third-order valence-corrected chi connectivity index (χ3v) is 3.81. The van der Waals surface area contributed by atoms with Crippen LogP contribution in [-0.2, 0) is 18.1 Å². The first-order chi connectivity index (χ1) is 6.22. The molecule has 84 valence electrons. The summed E-state index contributed by atoms with van der Waals surface area (Å²) in [6.07, 6.45) is -0.0862.